The van der Waals surface area contributed by atoms with Crippen LogP contribution in [0, 0.1) is 0 Å². The van der Waals surface area contributed by atoms with Crippen LogP contribution >= 0.6 is 0 Å². The van der Waals surface area contributed by atoms with Gasteiger partial charge in [0.25, 0.3) is 0 Å². The number of carbonyl (C=O) groups is 1. The van der Waals surface area contributed by atoms with E-state index in [1.54, 1.807) is 9.13 Å². The van der Waals surface area contributed by atoms with E-state index >= 15 is 0 Å². The predicted molar refractivity (Wildman–Crippen MR) is 180 cm³/mol. The first-order valence-corrected chi connectivity index (χ1v) is 16.3. The second-order valence-corrected chi connectivity index (χ2v) is 11.3. The highest BCUT2D eigenvalue weighted by Gasteiger charge is 2.25. The van der Waals surface area contributed by atoms with Gasteiger partial charge in [-0.2, -0.15) is 0 Å². The van der Waals surface area contributed by atoms with Crippen molar-refractivity contribution in [3.8, 4) is 11.4 Å². The van der Waals surface area contributed by atoms with Crippen LogP contribution in [0.25, 0.3) is 11.4 Å². The fourth-order valence-electron chi connectivity index (χ4n) is 5.60. The van der Waals surface area contributed by atoms with Crippen LogP contribution in [0.5, 0.6) is 0 Å². The number of nitrogens with zero attached hydrogens (tertiary/aromatic N) is 4. The highest BCUT2D eigenvalue weighted by Crippen LogP contribution is 2.25. The van der Waals surface area contributed by atoms with E-state index in [1.165, 1.54) is 0 Å². The largest absolute Gasteiger partial charge is 0.334 e. The zero-order chi connectivity index (χ0) is 31.5. The summed E-state index contributed by atoms with van der Waals surface area (Å²) in [4.78, 5) is 41.8. The summed E-state index contributed by atoms with van der Waals surface area (Å²) in [6.45, 7) is 9.61. The molecule has 2 amide bonds. The number of carbonyl (C=O) groups excluding carboxylic acids is 1. The average Bonchev–Trinajstić information content (AvgIpc) is 3.45. The van der Waals surface area contributed by atoms with Crippen molar-refractivity contribution in [2.24, 2.45) is 0 Å². The molecular formula is C35H48N6O3. The fourth-order valence-corrected chi connectivity index (χ4v) is 5.60. The first kappa shape index (κ1) is 32.6. The first-order chi connectivity index (χ1) is 21.5. The van der Waals surface area contributed by atoms with E-state index < -0.39 is 6.03 Å². The number of aromatic nitrogens is 4. The Morgan fingerprint density at radius 1 is 0.568 bits per heavy atom. The standard InChI is InChI=1S/C35H48N6O3/c1-5-9-23-29-31(40(27-19-15-13-16-20-27)34(43)38(29)25-11-7-3)36-33(42)37-32-30(24-10-6-2)39(26-12-8-4)35(44)41(32)28-21-17-14-18-22-28/h13-22H,5-12,23-26H2,1-4H3,(H2,36,37,42). The molecular weight excluding hydrogens is 552 g/mol. The maximum Gasteiger partial charge on any atom is 0.334 e. The lowest BCUT2D eigenvalue weighted by atomic mass is 10.2. The molecule has 44 heavy (non-hydrogen) atoms. The van der Waals surface area contributed by atoms with Gasteiger partial charge in [0, 0.05) is 13.1 Å². The summed E-state index contributed by atoms with van der Waals surface area (Å²) in [5, 5.41) is 6.15. The van der Waals surface area contributed by atoms with Crippen molar-refractivity contribution in [1.82, 2.24) is 18.3 Å². The Bertz CT molecular complexity index is 1490. The second-order valence-electron chi connectivity index (χ2n) is 11.3. The van der Waals surface area contributed by atoms with Crippen LogP contribution in [0.15, 0.2) is 70.3 Å². The molecule has 0 spiro atoms. The molecule has 4 aromatic rings. The Morgan fingerprint density at radius 3 is 1.27 bits per heavy atom. The number of amides is 2. The van der Waals surface area contributed by atoms with E-state index in [-0.39, 0.29) is 11.4 Å². The van der Waals surface area contributed by atoms with E-state index in [2.05, 4.69) is 38.3 Å². The van der Waals surface area contributed by atoms with E-state index in [0.29, 0.717) is 48.9 Å². The summed E-state index contributed by atoms with van der Waals surface area (Å²) in [6.07, 6.45) is 8.63. The summed E-state index contributed by atoms with van der Waals surface area (Å²) in [5.74, 6) is 0.940. The van der Waals surface area contributed by atoms with Crippen molar-refractivity contribution in [3.63, 3.8) is 0 Å². The maximum atomic E-state index is 14.0. The van der Waals surface area contributed by atoms with Crippen LogP contribution in [0.3, 0.4) is 0 Å². The van der Waals surface area contributed by atoms with Gasteiger partial charge in [-0.15, -0.1) is 0 Å². The minimum atomic E-state index is -0.491. The molecule has 2 aromatic carbocycles. The number of hydrogen-bond donors (Lipinski definition) is 2. The Hall–Kier alpha value is -4.27. The van der Waals surface area contributed by atoms with Gasteiger partial charge >= 0.3 is 17.4 Å². The van der Waals surface area contributed by atoms with E-state index in [9.17, 15) is 14.4 Å². The summed E-state index contributed by atoms with van der Waals surface area (Å²) in [7, 11) is 0. The van der Waals surface area contributed by atoms with Crippen LogP contribution in [-0.2, 0) is 25.9 Å². The molecule has 0 atom stereocenters. The van der Waals surface area contributed by atoms with Crippen molar-refractivity contribution in [2.75, 3.05) is 10.6 Å². The number of unbranched alkanes of at least 4 members (excludes halogenated alkanes) is 4. The van der Waals surface area contributed by atoms with Crippen molar-refractivity contribution in [3.05, 3.63) is 93.0 Å². The highest BCUT2D eigenvalue weighted by molar-refractivity contribution is 6.00. The lowest BCUT2D eigenvalue weighted by Crippen LogP contribution is -2.27. The SMILES string of the molecule is CCCCc1c(NC(=O)Nc2c(CCCC)n(CCCC)c(=O)n2-c2ccccc2)n(-c2ccccc2)c(=O)n1CCCC. The van der Waals surface area contributed by atoms with Crippen LogP contribution in [-0.4, -0.2) is 24.3 Å². The minimum absolute atomic E-state index is 0.165. The number of imidazole rings is 2. The molecule has 9 heteroatoms. The molecule has 9 nitrogen and oxygen atoms in total. The van der Waals surface area contributed by atoms with Gasteiger partial charge in [-0.25, -0.2) is 23.5 Å². The quantitative estimate of drug-likeness (QED) is 0.139. The Labute approximate surface area is 260 Å². The number of para-hydroxylation sites is 2. The lowest BCUT2D eigenvalue weighted by Gasteiger charge is -2.15. The number of urea groups is 1. The zero-order valence-electron chi connectivity index (χ0n) is 26.8. The molecule has 2 heterocycles. The molecule has 0 saturated heterocycles. The van der Waals surface area contributed by atoms with E-state index in [1.807, 2.05) is 69.8 Å². The topological polar surface area (TPSA) is 95.0 Å². The number of benzene rings is 2. The molecule has 0 aliphatic heterocycles. The Balaban J connectivity index is 1.84. The molecule has 0 aliphatic rings. The molecule has 0 saturated carbocycles. The van der Waals surface area contributed by atoms with E-state index in [4.69, 9.17) is 0 Å². The van der Waals surface area contributed by atoms with Crippen LogP contribution in [0.4, 0.5) is 16.4 Å². The first-order valence-electron chi connectivity index (χ1n) is 16.3. The predicted octanol–water partition coefficient (Wildman–Crippen LogP) is 7.52. The van der Waals surface area contributed by atoms with Gasteiger partial charge in [0.1, 0.15) is 11.6 Å². The average molecular weight is 601 g/mol. The number of hydrogen-bond acceptors (Lipinski definition) is 3. The number of nitrogens with one attached hydrogen (secondary N) is 2. The zero-order valence-corrected chi connectivity index (χ0v) is 26.8. The van der Waals surface area contributed by atoms with Gasteiger partial charge in [-0.1, -0.05) is 89.8 Å². The van der Waals surface area contributed by atoms with Crippen molar-refractivity contribution in [1.29, 1.82) is 0 Å². The Morgan fingerprint density at radius 2 is 0.932 bits per heavy atom. The molecule has 2 N–H and O–H groups in total. The van der Waals surface area contributed by atoms with Crippen LogP contribution in [0.2, 0.25) is 0 Å². The summed E-state index contributed by atoms with van der Waals surface area (Å²) < 4.78 is 6.84. The smallest absolute Gasteiger partial charge is 0.294 e. The molecule has 0 radical (unpaired) electrons. The monoisotopic (exact) mass is 600 g/mol. The van der Waals surface area contributed by atoms with Gasteiger partial charge in [-0.3, -0.25) is 19.8 Å². The number of anilines is 2. The summed E-state index contributed by atoms with van der Waals surface area (Å²) >= 11 is 0. The normalized spacial score (nSPS) is 11.2. The number of rotatable bonds is 16. The third-order valence-corrected chi connectivity index (χ3v) is 7.99. The molecule has 4 rings (SSSR count). The van der Waals surface area contributed by atoms with E-state index in [0.717, 1.165) is 62.8 Å². The highest BCUT2D eigenvalue weighted by atomic mass is 16.2. The Kier molecular flexibility index (Phi) is 11.9. The fraction of sp³-hybridized carbons (Fsp3) is 0.457. The lowest BCUT2D eigenvalue weighted by molar-refractivity contribution is 0.262. The van der Waals surface area contributed by atoms with Gasteiger partial charge < -0.3 is 0 Å². The second kappa shape index (κ2) is 16.0. The van der Waals surface area contributed by atoms with Gasteiger partial charge in [0.05, 0.1) is 22.8 Å². The van der Waals surface area contributed by atoms with Gasteiger partial charge in [0.2, 0.25) is 0 Å². The third-order valence-electron chi connectivity index (χ3n) is 7.99. The van der Waals surface area contributed by atoms with Crippen molar-refractivity contribution < 1.29 is 4.79 Å². The summed E-state index contributed by atoms with van der Waals surface area (Å²) in [5.41, 5.74) is 2.68. The molecule has 0 fully saturated rings. The summed E-state index contributed by atoms with van der Waals surface area (Å²) in [6, 6.07) is 18.4. The molecule has 0 bridgehead atoms. The van der Waals surface area contributed by atoms with Crippen molar-refractivity contribution in [2.45, 2.75) is 105 Å². The van der Waals surface area contributed by atoms with Crippen molar-refractivity contribution >= 4 is 17.7 Å². The molecule has 236 valence electrons. The van der Waals surface area contributed by atoms with Gasteiger partial charge in [0.15, 0.2) is 0 Å². The minimum Gasteiger partial charge on any atom is -0.294 e. The third kappa shape index (κ3) is 7.26. The molecule has 0 unspecified atom stereocenters. The maximum absolute atomic E-state index is 14.0. The molecule has 0 aliphatic carbocycles. The van der Waals surface area contributed by atoms with Crippen LogP contribution in [0.1, 0.15) is 90.4 Å². The molecule has 2 aromatic heterocycles. The van der Waals surface area contributed by atoms with Gasteiger partial charge in [-0.05, 0) is 62.8 Å². The van der Waals surface area contributed by atoms with Crippen LogP contribution < -0.4 is 22.0 Å².